The molecule has 15 nitrogen and oxygen atoms in total. The number of phosphoric ester groups is 1. The fraction of sp³-hybridized carbons (Fsp3) is 0.600. The van der Waals surface area contributed by atoms with Gasteiger partial charge < -0.3 is 29.4 Å². The summed E-state index contributed by atoms with van der Waals surface area (Å²) in [6.45, 7) is 0.308. The van der Waals surface area contributed by atoms with Gasteiger partial charge in [-0.3, -0.25) is 14.1 Å². The summed E-state index contributed by atoms with van der Waals surface area (Å²) in [5.74, 6) is -3.17. The van der Waals surface area contributed by atoms with Crippen molar-refractivity contribution in [3.8, 4) is 0 Å². The highest BCUT2D eigenvalue weighted by atomic mass is 32.1. The van der Waals surface area contributed by atoms with Gasteiger partial charge in [0.1, 0.15) is 17.0 Å². The molecule has 1 saturated heterocycles. The summed E-state index contributed by atoms with van der Waals surface area (Å²) < 4.78 is 65.3. The Hall–Kier alpha value is -0.640. The molecule has 0 spiro atoms. The van der Waals surface area contributed by atoms with Crippen LogP contribution in [0.5, 0.6) is 0 Å². The lowest BCUT2D eigenvalue weighted by molar-refractivity contribution is -0.148. The minimum Gasteiger partial charge on any atom is -0.360 e. The van der Waals surface area contributed by atoms with Crippen LogP contribution in [0.1, 0.15) is 18.2 Å². The summed E-state index contributed by atoms with van der Waals surface area (Å²) >= 11 is 4.87. The predicted octanol–water partition coefficient (Wildman–Crippen LogP) is 0.503. The zero-order valence-electron chi connectivity index (χ0n) is 14.7. The van der Waals surface area contributed by atoms with E-state index in [-0.39, 0.29) is 4.64 Å². The maximum atomic E-state index is 14.4. The van der Waals surface area contributed by atoms with E-state index in [0.717, 1.165) is 4.57 Å². The highest BCUT2D eigenvalue weighted by Gasteiger charge is 2.51. The lowest BCUT2D eigenvalue weighted by Crippen LogP contribution is -2.36. The van der Waals surface area contributed by atoms with Gasteiger partial charge in [0.15, 0.2) is 0 Å². The van der Waals surface area contributed by atoms with Gasteiger partial charge in [0.25, 0.3) is 0 Å². The molecule has 0 saturated carbocycles. The van der Waals surface area contributed by atoms with Crippen molar-refractivity contribution in [1.29, 1.82) is 0 Å². The number of aromatic amines is 1. The van der Waals surface area contributed by atoms with Crippen molar-refractivity contribution in [1.82, 2.24) is 9.55 Å². The normalized spacial score (nSPS) is 28.8. The molecule has 6 N–H and O–H groups in total. The molecule has 172 valence electrons. The van der Waals surface area contributed by atoms with E-state index in [1.807, 2.05) is 0 Å². The SMILES string of the molecule is Cc1cn([C@H]2C[C@@](O)(F)[C@@H](COP(=O)(O)OP(=O)(O)OP(=O)(O)O)O2)c(=O)[nH]c1=S. The molecule has 1 aromatic rings. The molecule has 1 aliphatic rings. The highest BCUT2D eigenvalue weighted by Crippen LogP contribution is 2.66. The Morgan fingerprint density at radius 1 is 1.30 bits per heavy atom. The monoisotopic (exact) mass is 516 g/mol. The van der Waals surface area contributed by atoms with Crippen LogP contribution in [0.4, 0.5) is 4.39 Å². The molecular weight excluding hydrogens is 500 g/mol. The molecule has 1 fully saturated rings. The maximum absolute atomic E-state index is 14.4. The van der Waals surface area contributed by atoms with Gasteiger partial charge in [-0.05, 0) is 6.92 Å². The smallest absolute Gasteiger partial charge is 0.360 e. The van der Waals surface area contributed by atoms with E-state index in [1.54, 1.807) is 0 Å². The number of hydrogen-bond acceptors (Lipinski definition) is 10. The Morgan fingerprint density at radius 3 is 2.47 bits per heavy atom. The standard InChI is InChI=1S/C10H16FN2O13P3S/c1-5-3-13(9(14)12-8(5)30)7-2-10(11,15)6(24-7)4-23-28(19,20)26-29(21,22)25-27(16,17)18/h3,6-7,15H,2,4H2,1H3,(H,19,20)(H,21,22)(H,12,14,30)(H2,16,17,18)/t6-,7-,10+/m1/s1. The molecule has 0 bridgehead atoms. The molecule has 30 heavy (non-hydrogen) atoms. The van der Waals surface area contributed by atoms with Crippen LogP contribution in [0.25, 0.3) is 0 Å². The fourth-order valence-electron chi connectivity index (χ4n) is 2.31. The number of ether oxygens (including phenoxy) is 1. The number of phosphoric acid groups is 3. The number of H-pyrrole nitrogens is 1. The molecular formula is C10H16FN2O13P3S. The number of alkyl halides is 1. The molecule has 2 unspecified atom stereocenters. The second kappa shape index (κ2) is 8.71. The maximum Gasteiger partial charge on any atom is 0.490 e. The van der Waals surface area contributed by atoms with E-state index in [2.05, 4.69) is 18.1 Å². The van der Waals surface area contributed by atoms with Gasteiger partial charge in [-0.2, -0.15) is 8.62 Å². The van der Waals surface area contributed by atoms with Crippen LogP contribution in [0, 0.1) is 11.6 Å². The van der Waals surface area contributed by atoms with Crippen molar-refractivity contribution >= 4 is 35.7 Å². The second-order valence-electron chi connectivity index (χ2n) is 5.97. The van der Waals surface area contributed by atoms with Crippen molar-refractivity contribution in [2.45, 2.75) is 31.5 Å². The van der Waals surface area contributed by atoms with Crippen LogP contribution >= 0.6 is 35.7 Å². The lowest BCUT2D eigenvalue weighted by atomic mass is 10.1. The molecule has 1 aliphatic heterocycles. The number of aryl methyl sites for hydroxylation is 1. The number of aliphatic hydroxyl groups is 1. The van der Waals surface area contributed by atoms with E-state index >= 15 is 0 Å². The molecule has 2 heterocycles. The van der Waals surface area contributed by atoms with Crippen molar-refractivity contribution < 1.29 is 60.6 Å². The fourth-order valence-corrected chi connectivity index (χ4v) is 5.47. The Morgan fingerprint density at radius 2 is 1.90 bits per heavy atom. The lowest BCUT2D eigenvalue weighted by Gasteiger charge is -2.21. The van der Waals surface area contributed by atoms with Crippen molar-refractivity contribution in [3.05, 3.63) is 26.9 Å². The first-order valence-electron chi connectivity index (χ1n) is 7.58. The van der Waals surface area contributed by atoms with E-state index in [9.17, 15) is 32.9 Å². The minimum atomic E-state index is -5.76. The van der Waals surface area contributed by atoms with Crippen LogP contribution in [-0.2, 0) is 31.6 Å². The van der Waals surface area contributed by atoms with Gasteiger partial charge >= 0.3 is 29.2 Å². The number of hydrogen-bond donors (Lipinski definition) is 6. The van der Waals surface area contributed by atoms with Gasteiger partial charge in [0, 0.05) is 11.8 Å². The number of nitrogens with one attached hydrogen (secondary N) is 1. The molecule has 0 aromatic carbocycles. The van der Waals surface area contributed by atoms with Crippen LogP contribution < -0.4 is 5.69 Å². The van der Waals surface area contributed by atoms with Gasteiger partial charge in [-0.1, -0.05) is 12.2 Å². The molecule has 20 heteroatoms. The Labute approximate surface area is 171 Å². The van der Waals surface area contributed by atoms with Crippen LogP contribution in [0.3, 0.4) is 0 Å². The first-order chi connectivity index (χ1) is 13.4. The summed E-state index contributed by atoms with van der Waals surface area (Å²) in [6, 6.07) is 0. The first-order valence-corrected chi connectivity index (χ1v) is 12.5. The summed E-state index contributed by atoms with van der Waals surface area (Å²) in [5, 5.41) is 9.82. The molecule has 0 aliphatic carbocycles. The zero-order chi connectivity index (χ0) is 23.1. The van der Waals surface area contributed by atoms with Crippen LogP contribution in [-0.4, -0.2) is 52.8 Å². The number of nitrogens with zero attached hydrogens (tertiary/aromatic N) is 1. The highest BCUT2D eigenvalue weighted by molar-refractivity contribution is 7.71. The first kappa shape index (κ1) is 25.6. The third-order valence-corrected chi connectivity index (χ3v) is 7.76. The average Bonchev–Trinajstić information content (AvgIpc) is 2.80. The van der Waals surface area contributed by atoms with Crippen molar-refractivity contribution in [2.24, 2.45) is 0 Å². The van der Waals surface area contributed by atoms with Crippen molar-refractivity contribution in [2.75, 3.05) is 6.61 Å². The molecule has 0 radical (unpaired) electrons. The van der Waals surface area contributed by atoms with E-state index < -0.39 is 60.4 Å². The summed E-state index contributed by atoms with van der Waals surface area (Å²) in [5.41, 5.74) is -0.368. The van der Waals surface area contributed by atoms with Crippen LogP contribution in [0.15, 0.2) is 11.0 Å². The van der Waals surface area contributed by atoms with Gasteiger partial charge in [0.2, 0.25) is 5.85 Å². The van der Waals surface area contributed by atoms with Crippen molar-refractivity contribution in [3.63, 3.8) is 0 Å². The topological polar surface area (TPSA) is 227 Å². The van der Waals surface area contributed by atoms with E-state index in [0.29, 0.717) is 5.56 Å². The Bertz CT molecular complexity index is 1070. The third-order valence-electron chi connectivity index (χ3n) is 3.54. The Balaban J connectivity index is 2.10. The van der Waals surface area contributed by atoms with E-state index in [4.69, 9.17) is 31.6 Å². The molecule has 5 atom stereocenters. The number of rotatable bonds is 8. The molecule has 2 rings (SSSR count). The average molecular weight is 516 g/mol. The Kier molecular flexibility index (Phi) is 7.44. The van der Waals surface area contributed by atoms with Gasteiger partial charge in [0.05, 0.1) is 13.0 Å². The second-order valence-corrected chi connectivity index (χ2v) is 10.8. The number of aromatic nitrogens is 2. The largest absolute Gasteiger partial charge is 0.490 e. The summed E-state index contributed by atoms with van der Waals surface area (Å²) in [6.07, 6.45) is -2.93. The molecule has 1 aromatic heterocycles. The summed E-state index contributed by atoms with van der Waals surface area (Å²) in [4.78, 5) is 49.6. The number of halogens is 1. The van der Waals surface area contributed by atoms with Gasteiger partial charge in [-0.15, -0.1) is 0 Å². The predicted molar refractivity (Wildman–Crippen MR) is 95.0 cm³/mol. The van der Waals surface area contributed by atoms with Gasteiger partial charge in [-0.25, -0.2) is 22.9 Å². The molecule has 0 amide bonds. The summed E-state index contributed by atoms with van der Waals surface area (Å²) in [7, 11) is -16.9. The zero-order valence-corrected chi connectivity index (χ0v) is 18.2. The van der Waals surface area contributed by atoms with Crippen LogP contribution in [0.2, 0.25) is 0 Å². The third kappa shape index (κ3) is 6.93. The quantitative estimate of drug-likeness (QED) is 0.204. The van der Waals surface area contributed by atoms with E-state index in [1.165, 1.54) is 13.1 Å². The minimum absolute atomic E-state index is 0.119.